The molecule has 6 nitrogen and oxygen atoms in total. The first-order valence-electron chi connectivity index (χ1n) is 9.08. The third-order valence-corrected chi connectivity index (χ3v) is 3.82. The molecule has 0 N–H and O–H groups in total. The van der Waals surface area contributed by atoms with Gasteiger partial charge in [0.2, 0.25) is 0 Å². The maximum absolute atomic E-state index is 8.37. The van der Waals surface area contributed by atoms with Crippen LogP contribution in [0.3, 0.4) is 0 Å². The molecule has 0 amide bonds. The summed E-state index contributed by atoms with van der Waals surface area (Å²) >= 11 is 0. The summed E-state index contributed by atoms with van der Waals surface area (Å²) < 4.78 is 51.6. The van der Waals surface area contributed by atoms with Gasteiger partial charge in [0, 0.05) is 28.1 Å². The van der Waals surface area contributed by atoms with Crippen molar-refractivity contribution >= 4 is 12.6 Å². The minimum absolute atomic E-state index is 0.0416. The van der Waals surface area contributed by atoms with Crippen molar-refractivity contribution in [2.75, 3.05) is 0 Å². The van der Waals surface area contributed by atoms with Gasteiger partial charge in [0.05, 0.1) is 25.8 Å². The van der Waals surface area contributed by atoms with Gasteiger partial charge in [-0.1, -0.05) is 0 Å². The highest BCUT2D eigenvalue weighted by Gasteiger charge is 2.52. The zero-order valence-electron chi connectivity index (χ0n) is 17.3. The number of aryl methyl sites for hydroxylation is 1. The lowest BCUT2D eigenvalue weighted by atomic mass is 9.82. The van der Waals surface area contributed by atoms with Crippen LogP contribution in [0.25, 0.3) is 5.82 Å². The first kappa shape index (κ1) is 9.32. The van der Waals surface area contributed by atoms with Gasteiger partial charge in [0.15, 0.2) is 5.82 Å². The van der Waals surface area contributed by atoms with E-state index in [0.29, 0.717) is 0 Å². The van der Waals surface area contributed by atoms with Gasteiger partial charge in [-0.2, -0.15) is 5.10 Å². The number of nitrogens with zero attached hydrogens (tertiary/aromatic N) is 4. The molecule has 1 saturated heterocycles. The van der Waals surface area contributed by atoms with Crippen LogP contribution < -0.4 is 5.46 Å². The number of hydrogen-bond acceptors (Lipinski definition) is 5. The third-order valence-electron chi connectivity index (χ3n) is 3.82. The second-order valence-electron chi connectivity index (χ2n) is 5.90. The van der Waals surface area contributed by atoms with Gasteiger partial charge < -0.3 is 9.31 Å². The van der Waals surface area contributed by atoms with Gasteiger partial charge in [-0.25, -0.2) is 9.67 Å². The summed E-state index contributed by atoms with van der Waals surface area (Å²) in [5.41, 5.74) is -1.31. The predicted molar refractivity (Wildman–Crippen MR) is 79.6 cm³/mol. The highest BCUT2D eigenvalue weighted by molar-refractivity contribution is 6.62. The first-order chi connectivity index (χ1) is 11.8. The van der Waals surface area contributed by atoms with Gasteiger partial charge in [0.1, 0.15) is 0 Å². The van der Waals surface area contributed by atoms with E-state index in [1.807, 2.05) is 27.7 Å². The van der Waals surface area contributed by atoms with E-state index in [9.17, 15) is 0 Å². The average Bonchev–Trinajstić information content (AvgIpc) is 2.90. The zero-order valence-corrected chi connectivity index (χ0v) is 12.3. The van der Waals surface area contributed by atoms with Crippen LogP contribution in [-0.4, -0.2) is 38.1 Å². The number of rotatable bonds is 2. The summed E-state index contributed by atoms with van der Waals surface area (Å²) in [6.45, 7) is 5.05. The van der Waals surface area contributed by atoms with Crippen molar-refractivity contribution < 1.29 is 16.2 Å². The maximum atomic E-state index is 8.37. The zero-order chi connectivity index (χ0) is 19.5. The molecule has 1 aliphatic rings. The molecule has 1 aliphatic heterocycles. The fraction of sp³-hybridized carbons (Fsp3) is 0.500. The van der Waals surface area contributed by atoms with Crippen molar-refractivity contribution in [1.82, 2.24) is 19.7 Å². The van der Waals surface area contributed by atoms with Crippen molar-refractivity contribution in [3.05, 3.63) is 30.4 Å². The molecular formula is C14H19BN4O2. The molecule has 0 atom stereocenters. The van der Waals surface area contributed by atoms with Crippen LogP contribution in [0.15, 0.2) is 24.7 Å². The van der Waals surface area contributed by atoms with Crippen molar-refractivity contribution in [2.45, 2.75) is 45.7 Å². The summed E-state index contributed by atoms with van der Waals surface area (Å²) in [7, 11) is -0.924. The smallest absolute Gasteiger partial charge is 0.399 e. The molecule has 0 bridgehead atoms. The molecule has 0 aromatic carbocycles. The Labute approximate surface area is 131 Å². The molecule has 21 heavy (non-hydrogen) atoms. The van der Waals surface area contributed by atoms with Crippen LogP contribution in [-0.2, 0) is 9.31 Å². The lowest BCUT2D eigenvalue weighted by Gasteiger charge is -2.32. The van der Waals surface area contributed by atoms with Crippen molar-refractivity contribution in [3.8, 4) is 5.82 Å². The van der Waals surface area contributed by atoms with Crippen molar-refractivity contribution in [3.63, 3.8) is 0 Å². The topological polar surface area (TPSA) is 62.1 Å². The van der Waals surface area contributed by atoms with E-state index in [1.165, 1.54) is 6.20 Å². The Balaban J connectivity index is 2.03. The SMILES string of the molecule is [2H]c1nn(-c2cncc(C([2H])([2H])[2H])n2)c([2H])c1B1OC(C)(C)C(C)(C)O1. The molecule has 0 aliphatic carbocycles. The second kappa shape index (κ2) is 4.64. The maximum Gasteiger partial charge on any atom is 0.498 e. The normalized spacial score (nSPS) is 24.0. The average molecular weight is 291 g/mol. The Kier molecular flexibility index (Phi) is 2.06. The Morgan fingerprint density at radius 3 is 2.62 bits per heavy atom. The van der Waals surface area contributed by atoms with Gasteiger partial charge >= 0.3 is 7.12 Å². The van der Waals surface area contributed by atoms with E-state index in [1.54, 1.807) is 0 Å². The minimum Gasteiger partial charge on any atom is -0.399 e. The predicted octanol–water partition coefficient (Wildman–Crippen LogP) is 1.27. The van der Waals surface area contributed by atoms with E-state index < -0.39 is 25.2 Å². The van der Waals surface area contributed by atoms with Gasteiger partial charge in [-0.15, -0.1) is 0 Å². The fourth-order valence-electron chi connectivity index (χ4n) is 1.90. The van der Waals surface area contributed by atoms with E-state index in [2.05, 4.69) is 15.1 Å². The Morgan fingerprint density at radius 2 is 1.95 bits per heavy atom. The lowest BCUT2D eigenvalue weighted by molar-refractivity contribution is 0.00578. The minimum atomic E-state index is -2.43. The monoisotopic (exact) mass is 291 g/mol. The largest absolute Gasteiger partial charge is 0.498 e. The van der Waals surface area contributed by atoms with Crippen LogP contribution in [0.5, 0.6) is 0 Å². The van der Waals surface area contributed by atoms with Gasteiger partial charge in [-0.05, 0) is 34.5 Å². The quantitative estimate of drug-likeness (QED) is 0.780. The molecule has 0 unspecified atom stereocenters. The van der Waals surface area contributed by atoms with E-state index in [-0.39, 0.29) is 29.3 Å². The second-order valence-corrected chi connectivity index (χ2v) is 5.90. The number of hydrogen-bond donors (Lipinski definition) is 0. The fourth-order valence-corrected chi connectivity index (χ4v) is 1.90. The van der Waals surface area contributed by atoms with E-state index in [0.717, 1.165) is 10.9 Å². The van der Waals surface area contributed by atoms with Crippen LogP contribution in [0.2, 0.25) is 0 Å². The van der Waals surface area contributed by atoms with Crippen molar-refractivity contribution in [2.24, 2.45) is 0 Å². The molecule has 1 fully saturated rings. The van der Waals surface area contributed by atoms with Crippen LogP contribution in [0, 0.1) is 6.85 Å². The van der Waals surface area contributed by atoms with Crippen LogP contribution >= 0.6 is 0 Å². The summed E-state index contributed by atoms with van der Waals surface area (Å²) in [5.74, 6) is 0.0416. The molecule has 3 rings (SSSR count). The Bertz CT molecular complexity index is 836. The molecule has 2 aromatic rings. The molecule has 0 radical (unpaired) electrons. The number of aromatic nitrogens is 4. The van der Waals surface area contributed by atoms with Gasteiger partial charge in [-0.3, -0.25) is 4.98 Å². The summed E-state index contributed by atoms with van der Waals surface area (Å²) in [6.07, 6.45) is 2.06. The molecule has 110 valence electrons. The lowest BCUT2D eigenvalue weighted by Crippen LogP contribution is -2.41. The Morgan fingerprint density at radius 1 is 1.24 bits per heavy atom. The standard InChI is InChI=1S/C14H19BN4O2/c1-10-6-16-8-12(18-10)19-9-11(7-17-19)15-20-13(2,3)14(4,5)21-15/h6-9H,1-5H3/i1D3,7D,9D. The third kappa shape index (κ3) is 2.47. The Hall–Kier alpha value is -1.73. The highest BCUT2D eigenvalue weighted by Crippen LogP contribution is 2.36. The van der Waals surface area contributed by atoms with E-state index in [4.69, 9.17) is 16.2 Å². The van der Waals surface area contributed by atoms with Gasteiger partial charge in [0.25, 0.3) is 0 Å². The molecule has 0 spiro atoms. The molecule has 2 aromatic heterocycles. The molecule has 3 heterocycles. The molecule has 0 saturated carbocycles. The van der Waals surface area contributed by atoms with Crippen LogP contribution in [0.1, 0.15) is 40.2 Å². The van der Waals surface area contributed by atoms with Crippen molar-refractivity contribution in [1.29, 1.82) is 0 Å². The van der Waals surface area contributed by atoms with E-state index >= 15 is 0 Å². The molecule has 7 heteroatoms. The summed E-state index contributed by atoms with van der Waals surface area (Å²) in [4.78, 5) is 7.86. The summed E-state index contributed by atoms with van der Waals surface area (Å²) in [5, 5.41) is 3.99. The molecular weight excluding hydrogens is 267 g/mol. The first-order valence-corrected chi connectivity index (χ1v) is 6.58. The highest BCUT2D eigenvalue weighted by atomic mass is 16.7. The van der Waals surface area contributed by atoms with Crippen LogP contribution in [0.4, 0.5) is 0 Å². The summed E-state index contributed by atoms with van der Waals surface area (Å²) in [6, 6.07) is 0.